The lowest BCUT2D eigenvalue weighted by Gasteiger charge is -2.16. The Hall–Kier alpha value is -3.21. The number of rotatable bonds is 4. The van der Waals surface area contributed by atoms with Crippen LogP contribution in [0.5, 0.6) is 0 Å². The summed E-state index contributed by atoms with van der Waals surface area (Å²) in [6.45, 7) is 1.47. The molecule has 0 saturated carbocycles. The summed E-state index contributed by atoms with van der Waals surface area (Å²) in [6.07, 6.45) is 5.96. The monoisotopic (exact) mass is 344 g/mol. The van der Waals surface area contributed by atoms with Crippen LogP contribution >= 0.6 is 0 Å². The maximum Gasteiger partial charge on any atom is 0.246 e. The van der Waals surface area contributed by atoms with E-state index >= 15 is 0 Å². The number of carbonyl (C=O) groups excluding carboxylic acids is 1. The Morgan fingerprint density at radius 2 is 1.85 bits per heavy atom. The topological polar surface area (TPSA) is 58.1 Å². The van der Waals surface area contributed by atoms with Gasteiger partial charge in [0.2, 0.25) is 5.91 Å². The summed E-state index contributed by atoms with van der Waals surface area (Å²) in [7, 11) is 0. The molecular formula is C21H20N4O. The first-order chi connectivity index (χ1) is 12.8. The van der Waals surface area contributed by atoms with Crippen LogP contribution in [0.3, 0.4) is 0 Å². The quantitative estimate of drug-likeness (QED) is 0.738. The maximum absolute atomic E-state index is 12.4. The summed E-state index contributed by atoms with van der Waals surface area (Å²) in [5.74, 6) is 0.0114. The van der Waals surface area contributed by atoms with Crippen molar-refractivity contribution >= 4 is 28.7 Å². The summed E-state index contributed by atoms with van der Waals surface area (Å²) in [5.41, 5.74) is 3.46. The third kappa shape index (κ3) is 3.72. The van der Waals surface area contributed by atoms with E-state index in [2.05, 4.69) is 15.3 Å². The van der Waals surface area contributed by atoms with E-state index in [0.717, 1.165) is 29.7 Å². The van der Waals surface area contributed by atoms with Crippen molar-refractivity contribution in [3.63, 3.8) is 0 Å². The molecule has 0 radical (unpaired) electrons. The molecule has 1 saturated heterocycles. The highest BCUT2D eigenvalue weighted by molar-refractivity contribution is 5.92. The van der Waals surface area contributed by atoms with Crippen LogP contribution in [-0.4, -0.2) is 39.9 Å². The standard InChI is InChI=1S/C21H20N4O/c26-21(11-10-17-14-22-19-8-4-5-9-20(19)24-17)25-13-12-18(15-25)23-16-6-2-1-3-7-16/h1-11,14,18,23H,12-13,15H2/b11-10+/t18-/m1/s1. The number of aromatic nitrogens is 2. The Bertz CT molecular complexity index is 939. The van der Waals surface area contributed by atoms with Crippen LogP contribution in [0.25, 0.3) is 17.1 Å². The SMILES string of the molecule is O=C(/C=C/c1cnc2ccccc2n1)N1CC[C@@H](Nc2ccccc2)C1. The highest BCUT2D eigenvalue weighted by Gasteiger charge is 2.24. The van der Waals surface area contributed by atoms with Gasteiger partial charge in [-0.1, -0.05) is 30.3 Å². The van der Waals surface area contributed by atoms with Gasteiger partial charge in [0.25, 0.3) is 0 Å². The molecule has 0 bridgehead atoms. The second-order valence-electron chi connectivity index (χ2n) is 6.40. The number of nitrogens with zero attached hydrogens (tertiary/aromatic N) is 3. The van der Waals surface area contributed by atoms with E-state index in [-0.39, 0.29) is 11.9 Å². The number of anilines is 1. The molecule has 5 nitrogen and oxygen atoms in total. The van der Waals surface area contributed by atoms with Crippen molar-refractivity contribution in [2.45, 2.75) is 12.5 Å². The van der Waals surface area contributed by atoms with Crippen LogP contribution in [0, 0.1) is 0 Å². The summed E-state index contributed by atoms with van der Waals surface area (Å²) in [4.78, 5) is 23.2. The molecule has 2 heterocycles. The smallest absolute Gasteiger partial charge is 0.246 e. The zero-order valence-electron chi connectivity index (χ0n) is 14.4. The molecule has 1 amide bonds. The van der Waals surface area contributed by atoms with E-state index in [1.807, 2.05) is 59.5 Å². The molecule has 4 rings (SSSR count). The molecular weight excluding hydrogens is 324 g/mol. The lowest BCUT2D eigenvalue weighted by Crippen LogP contribution is -2.30. The van der Waals surface area contributed by atoms with Gasteiger partial charge in [-0.3, -0.25) is 9.78 Å². The Morgan fingerprint density at radius 3 is 2.69 bits per heavy atom. The predicted molar refractivity (Wildman–Crippen MR) is 104 cm³/mol. The number of carbonyl (C=O) groups is 1. The minimum absolute atomic E-state index is 0.0114. The van der Waals surface area contributed by atoms with E-state index in [1.165, 1.54) is 0 Å². The van der Waals surface area contributed by atoms with Gasteiger partial charge in [0.15, 0.2) is 0 Å². The van der Waals surface area contributed by atoms with Gasteiger partial charge in [0, 0.05) is 30.9 Å². The number of amides is 1. The van der Waals surface area contributed by atoms with Crippen molar-refractivity contribution < 1.29 is 4.79 Å². The molecule has 1 aliphatic rings. The Morgan fingerprint density at radius 1 is 1.08 bits per heavy atom. The van der Waals surface area contributed by atoms with Gasteiger partial charge in [-0.25, -0.2) is 4.98 Å². The molecule has 5 heteroatoms. The van der Waals surface area contributed by atoms with Crippen molar-refractivity contribution in [1.82, 2.24) is 14.9 Å². The summed E-state index contributed by atoms with van der Waals surface area (Å²) < 4.78 is 0. The zero-order chi connectivity index (χ0) is 17.8. The molecule has 130 valence electrons. The Balaban J connectivity index is 1.37. The number of nitrogens with one attached hydrogen (secondary N) is 1. The molecule has 0 unspecified atom stereocenters. The minimum Gasteiger partial charge on any atom is -0.380 e. The molecule has 1 aromatic heterocycles. The molecule has 3 aromatic rings. The highest BCUT2D eigenvalue weighted by Crippen LogP contribution is 2.16. The van der Waals surface area contributed by atoms with Crippen LogP contribution < -0.4 is 5.32 Å². The molecule has 0 aliphatic carbocycles. The van der Waals surface area contributed by atoms with Gasteiger partial charge in [0.1, 0.15) is 0 Å². The van der Waals surface area contributed by atoms with Gasteiger partial charge in [-0.15, -0.1) is 0 Å². The zero-order valence-corrected chi connectivity index (χ0v) is 14.4. The lowest BCUT2D eigenvalue weighted by atomic mass is 10.2. The molecule has 1 atom stereocenters. The summed E-state index contributed by atoms with van der Waals surface area (Å²) in [6, 6.07) is 18.1. The lowest BCUT2D eigenvalue weighted by molar-refractivity contribution is -0.124. The number of likely N-dealkylation sites (tertiary alicyclic amines) is 1. The van der Waals surface area contributed by atoms with Crippen LogP contribution in [-0.2, 0) is 4.79 Å². The average Bonchev–Trinajstić information content (AvgIpc) is 3.15. The molecule has 1 aliphatic heterocycles. The van der Waals surface area contributed by atoms with E-state index in [9.17, 15) is 4.79 Å². The van der Waals surface area contributed by atoms with Gasteiger partial charge >= 0.3 is 0 Å². The van der Waals surface area contributed by atoms with Crippen LogP contribution in [0.4, 0.5) is 5.69 Å². The molecule has 2 aromatic carbocycles. The fraction of sp³-hybridized carbons (Fsp3) is 0.190. The van der Waals surface area contributed by atoms with E-state index < -0.39 is 0 Å². The van der Waals surface area contributed by atoms with Crippen LogP contribution in [0.15, 0.2) is 66.9 Å². The fourth-order valence-corrected chi connectivity index (χ4v) is 3.16. The third-order valence-corrected chi connectivity index (χ3v) is 4.51. The van der Waals surface area contributed by atoms with Crippen molar-refractivity contribution in [3.05, 3.63) is 72.6 Å². The first-order valence-electron chi connectivity index (χ1n) is 8.78. The van der Waals surface area contributed by atoms with Gasteiger partial charge in [0.05, 0.1) is 22.9 Å². The molecule has 1 fully saturated rings. The maximum atomic E-state index is 12.4. The molecule has 26 heavy (non-hydrogen) atoms. The van der Waals surface area contributed by atoms with Crippen molar-refractivity contribution in [2.75, 3.05) is 18.4 Å². The normalized spacial score (nSPS) is 17.1. The van der Waals surface area contributed by atoms with Gasteiger partial charge in [-0.2, -0.15) is 0 Å². The molecule has 1 N–H and O–H groups in total. The van der Waals surface area contributed by atoms with Crippen LogP contribution in [0.2, 0.25) is 0 Å². The predicted octanol–water partition coefficient (Wildman–Crippen LogP) is 3.36. The number of fused-ring (bicyclic) bond motifs is 1. The van der Waals surface area contributed by atoms with E-state index in [4.69, 9.17) is 0 Å². The number of hydrogen-bond donors (Lipinski definition) is 1. The van der Waals surface area contributed by atoms with Gasteiger partial charge in [-0.05, 0) is 36.8 Å². The van der Waals surface area contributed by atoms with Gasteiger partial charge < -0.3 is 10.2 Å². The number of benzene rings is 2. The minimum atomic E-state index is 0.0114. The van der Waals surface area contributed by atoms with Crippen LogP contribution in [0.1, 0.15) is 12.1 Å². The number of hydrogen-bond acceptors (Lipinski definition) is 4. The fourth-order valence-electron chi connectivity index (χ4n) is 3.16. The van der Waals surface area contributed by atoms with Crippen molar-refractivity contribution in [3.8, 4) is 0 Å². The Kier molecular flexibility index (Phi) is 4.60. The first kappa shape index (κ1) is 16.3. The number of para-hydroxylation sites is 3. The average molecular weight is 344 g/mol. The van der Waals surface area contributed by atoms with E-state index in [0.29, 0.717) is 12.2 Å². The highest BCUT2D eigenvalue weighted by atomic mass is 16.2. The first-order valence-corrected chi connectivity index (χ1v) is 8.78. The Labute approximate surface area is 152 Å². The third-order valence-electron chi connectivity index (χ3n) is 4.51. The summed E-state index contributed by atoms with van der Waals surface area (Å²) in [5, 5.41) is 3.48. The largest absolute Gasteiger partial charge is 0.380 e. The van der Waals surface area contributed by atoms with Crippen molar-refractivity contribution in [2.24, 2.45) is 0 Å². The summed E-state index contributed by atoms with van der Waals surface area (Å²) >= 11 is 0. The van der Waals surface area contributed by atoms with Crippen molar-refractivity contribution in [1.29, 1.82) is 0 Å². The second kappa shape index (κ2) is 7.35. The van der Waals surface area contributed by atoms with E-state index in [1.54, 1.807) is 18.3 Å². The second-order valence-corrected chi connectivity index (χ2v) is 6.40. The molecule has 0 spiro atoms.